The number of nitrogens with one attached hydrogen (secondary N) is 1. The molecule has 0 bridgehead atoms. The first-order valence-electron chi connectivity index (χ1n) is 17.1. The van der Waals surface area contributed by atoms with E-state index in [9.17, 15) is 63.2 Å². The Labute approximate surface area is 489 Å². The summed E-state index contributed by atoms with van der Waals surface area (Å²) in [6, 6.07) is 16.7. The van der Waals surface area contributed by atoms with Crippen molar-refractivity contribution in [1.29, 1.82) is 0 Å². The monoisotopic (exact) mass is 1110 g/mol. The first-order chi connectivity index (χ1) is 30.6. The van der Waals surface area contributed by atoms with E-state index in [1.165, 1.54) is 66.7 Å². The van der Waals surface area contributed by atoms with E-state index in [2.05, 4.69) is 48.7 Å². The fourth-order valence-electron chi connectivity index (χ4n) is 5.29. The van der Waals surface area contributed by atoms with Crippen molar-refractivity contribution >= 4 is 115 Å². The van der Waals surface area contributed by atoms with Crippen molar-refractivity contribution in [1.82, 2.24) is 0 Å². The maximum Gasteiger partial charge on any atom is 1.00 e. The Bertz CT molecular complexity index is 3090. The molecule has 0 saturated carbocycles. The number of carbonyl (C=O) groups is 1. The van der Waals surface area contributed by atoms with Crippen molar-refractivity contribution < 1.29 is 209 Å². The van der Waals surface area contributed by atoms with Crippen LogP contribution in [0.1, 0.15) is 10.4 Å². The average Bonchev–Trinajstić information content (AvgIpc) is 3.24. The van der Waals surface area contributed by atoms with Gasteiger partial charge < -0.3 is 35.8 Å². The molecule has 5 rings (SSSR count). The number of fused-ring (bicyclic) bond motifs is 1. The molecular weight excluding hydrogens is 1080 g/mol. The van der Waals surface area contributed by atoms with Crippen LogP contribution in [0.25, 0.3) is 10.8 Å². The molecule has 69 heavy (non-hydrogen) atoms. The van der Waals surface area contributed by atoms with Gasteiger partial charge in [0.2, 0.25) is 10.4 Å². The van der Waals surface area contributed by atoms with Gasteiger partial charge in [0.05, 0.1) is 78.8 Å². The van der Waals surface area contributed by atoms with E-state index in [1.54, 1.807) is 0 Å². The zero-order chi connectivity index (χ0) is 47.6. The summed E-state index contributed by atoms with van der Waals surface area (Å²) >= 11 is 0.332. The molecule has 0 fully saturated rings. The summed E-state index contributed by atoms with van der Waals surface area (Å²) in [7, 11) is -18.5. The van der Waals surface area contributed by atoms with E-state index in [0.717, 1.165) is 18.2 Å². The summed E-state index contributed by atoms with van der Waals surface area (Å²) in [5.41, 5.74) is 4.59. The summed E-state index contributed by atoms with van der Waals surface area (Å²) in [5, 5.41) is 56.1. The molecule has 0 atom stereocenters. The Morgan fingerprint density at radius 3 is 1.84 bits per heavy atom. The van der Waals surface area contributed by atoms with Crippen LogP contribution in [0.3, 0.4) is 0 Å². The van der Waals surface area contributed by atoms with Crippen molar-refractivity contribution in [3.05, 3.63) is 90.5 Å². The molecule has 0 unspecified atom stereocenters. The van der Waals surface area contributed by atoms with E-state index >= 15 is 0 Å². The van der Waals surface area contributed by atoms with E-state index in [0.29, 0.717) is 0 Å². The van der Waals surface area contributed by atoms with Crippen LogP contribution >= 0.6 is 24.4 Å². The smallest absolute Gasteiger partial charge is 0.744 e. The second-order valence-corrected chi connectivity index (χ2v) is 20.2. The van der Waals surface area contributed by atoms with Crippen molar-refractivity contribution in [3.63, 3.8) is 0 Å². The van der Waals surface area contributed by atoms with Crippen molar-refractivity contribution in [3.8, 4) is 5.75 Å². The number of hydrogen-bond acceptors (Lipinski definition) is 27. The number of rotatable bonds is 22. The van der Waals surface area contributed by atoms with Gasteiger partial charge in [0, 0.05) is 11.3 Å². The molecule has 0 aliphatic carbocycles. The number of carbonyl (C=O) groups excluding carboxylic acids is 1. The Morgan fingerprint density at radius 1 is 0.696 bits per heavy atom. The van der Waals surface area contributed by atoms with Gasteiger partial charge >= 0.3 is 118 Å². The Hall–Kier alpha value is -1.27. The number of azo groups is 2. The first kappa shape index (κ1) is 65.7. The third kappa shape index (κ3) is 19.2. The zero-order valence-corrected chi connectivity index (χ0v) is 48.8. The predicted octanol–water partition coefficient (Wildman–Crippen LogP) is -8.81. The van der Waals surface area contributed by atoms with Crippen LogP contribution in [0.15, 0.2) is 125 Å². The predicted molar refractivity (Wildman–Crippen MR) is 217 cm³/mol. The van der Waals surface area contributed by atoms with Crippen LogP contribution in [-0.2, 0) is 67.3 Å². The molecule has 5 aromatic rings. The molecule has 0 aliphatic heterocycles. The number of phenols is 1. The van der Waals surface area contributed by atoms with Gasteiger partial charge in [0.1, 0.15) is 21.5 Å². The van der Waals surface area contributed by atoms with Crippen molar-refractivity contribution in [2.75, 3.05) is 35.8 Å². The van der Waals surface area contributed by atoms with E-state index in [1.807, 2.05) is 0 Å². The van der Waals surface area contributed by atoms with Crippen LogP contribution in [-0.4, -0.2) is 78.5 Å². The molecule has 348 valence electrons. The Kier molecular flexibility index (Phi) is 28.2. The molecule has 26 nitrogen and oxygen atoms in total. The summed E-state index contributed by atoms with van der Waals surface area (Å²) in [6.07, 6.45) is 0. The zero-order valence-electron chi connectivity index (χ0n) is 35.9. The summed E-state index contributed by atoms with van der Waals surface area (Å²) in [5.74, 6) is -2.90. The number of nitrogens with zero attached hydrogens (tertiary/aromatic N) is 4. The SMILES string of the molecule is Nc1c(N=Nc2ccc(C(=O)Nc3cccc(S(=O)(=O)CCOS(=O)(=O)[O-])c3)cc2)c(S(=O)(=O)[O-])cc2cc(SOO[O-])c(N=Nc3ccc(S(=O)(=O)CCOSOO[O-])cc3)c(O)c12.[Na+].[Na+].[Na+].[Na+]. The third-order valence-corrected chi connectivity index (χ3v) is 13.8. The summed E-state index contributed by atoms with van der Waals surface area (Å²) in [4.78, 5) is 11.3. The van der Waals surface area contributed by atoms with Crippen LogP contribution < -0.4 is 140 Å². The number of sulfone groups is 2. The minimum atomic E-state index is -5.37. The quantitative estimate of drug-likeness (QED) is 0.00667. The number of hydrogen-bond donors (Lipinski definition) is 3. The van der Waals surface area contributed by atoms with Gasteiger partial charge in [-0.25, -0.2) is 33.7 Å². The maximum absolute atomic E-state index is 13.0. The molecule has 0 spiro atoms. The van der Waals surface area contributed by atoms with Gasteiger partial charge in [-0.05, 0) is 84.2 Å². The largest absolute Gasteiger partial charge is 1.00 e. The first-order valence-corrected chi connectivity index (χ1v) is 24.6. The van der Waals surface area contributed by atoms with E-state index in [-0.39, 0.29) is 197 Å². The fraction of sp³-hybridized carbons (Fsp3) is 0.121. The van der Waals surface area contributed by atoms with Crippen LogP contribution in [0, 0.1) is 0 Å². The molecule has 4 N–H and O–H groups in total. The molecule has 1 amide bonds. The standard InChI is InChI=1S/C33H30N6O20S6.4Na/c34-29-28-20(16-26(60-58-56-42)30(32(28)40)38-36-22-8-10-24(11-9-22)62(44,45)14-12-54-61-59-57-43)17-27(64(48,49)50)31(29)39-37-21-6-4-19(5-7-21)33(41)35-23-2-1-3-25(18-23)63(46,47)15-13-55-65(51,52)53;;;;/h1-11,16-18,40,42-43H,12-15,34H2,(H,35,41)(H,48,49,50)(H,51,52,53);;;;/q;4*+1/p-4. The number of anilines is 2. The van der Waals surface area contributed by atoms with Gasteiger partial charge in [0.15, 0.2) is 37.7 Å². The molecule has 36 heteroatoms. The van der Waals surface area contributed by atoms with E-state index in [4.69, 9.17) is 9.92 Å². The third-order valence-electron chi connectivity index (χ3n) is 8.16. The molecular formula is C33H26N6Na4O20S6. The molecule has 0 aromatic heterocycles. The normalized spacial score (nSPS) is 11.9. The van der Waals surface area contributed by atoms with Gasteiger partial charge in [-0.3, -0.25) is 23.2 Å². The van der Waals surface area contributed by atoms with Crippen LogP contribution in [0.4, 0.5) is 34.1 Å². The van der Waals surface area contributed by atoms with Crippen LogP contribution in [0.2, 0.25) is 0 Å². The Morgan fingerprint density at radius 2 is 1.26 bits per heavy atom. The molecule has 5 aromatic carbocycles. The summed E-state index contributed by atoms with van der Waals surface area (Å²) in [6.45, 7) is -1.30. The van der Waals surface area contributed by atoms with Gasteiger partial charge in [-0.1, -0.05) is 6.07 Å². The second-order valence-electron chi connectivity index (χ2n) is 12.3. The topological polar surface area (TPSA) is 409 Å². The van der Waals surface area contributed by atoms with Gasteiger partial charge in [0.25, 0.3) is 5.91 Å². The Balaban J connectivity index is 0.00000595. The van der Waals surface area contributed by atoms with Gasteiger partial charge in [-0.15, -0.1) is 14.6 Å². The van der Waals surface area contributed by atoms with Crippen molar-refractivity contribution in [2.24, 2.45) is 20.5 Å². The van der Waals surface area contributed by atoms with Gasteiger partial charge in [-0.2, -0.15) is 14.6 Å². The summed E-state index contributed by atoms with van der Waals surface area (Å²) < 4.78 is 137. The number of phenolic OH excluding ortho intramolecular Hbond substituents is 1. The van der Waals surface area contributed by atoms with Crippen molar-refractivity contribution in [2.45, 2.75) is 19.6 Å². The molecule has 0 heterocycles. The average molecular weight is 1110 g/mol. The minimum absolute atomic E-state index is 0. The number of nitrogens with two attached hydrogens (primary N) is 1. The number of amides is 1. The molecule has 0 saturated heterocycles. The fourth-order valence-corrected chi connectivity index (χ4v) is 9.37. The van der Waals surface area contributed by atoms with Crippen LogP contribution in [0.5, 0.6) is 5.75 Å². The second kappa shape index (κ2) is 29.6. The number of benzene rings is 5. The number of nitrogen functional groups attached to an aromatic ring is 1. The number of aromatic hydroxyl groups is 1. The van der Waals surface area contributed by atoms with E-state index < -0.39 is 91.9 Å². The molecule has 0 aliphatic rings. The molecule has 0 radical (unpaired) electrons. The minimum Gasteiger partial charge on any atom is -0.744 e. The maximum atomic E-state index is 13.0.